The third-order valence-corrected chi connectivity index (χ3v) is 2.69. The van der Waals surface area contributed by atoms with Crippen molar-refractivity contribution < 1.29 is 0 Å². The molecule has 2 heteroatoms. The van der Waals surface area contributed by atoms with Crippen LogP contribution in [-0.2, 0) is 6.42 Å². The largest absolute Gasteiger partial charge is 0.247 e. The van der Waals surface area contributed by atoms with Gasteiger partial charge in [0, 0.05) is 4.88 Å². The Morgan fingerprint density at radius 1 is 1.36 bits per heavy atom. The van der Waals surface area contributed by atoms with E-state index in [2.05, 4.69) is 32.7 Å². The number of rotatable bonds is 2. The molecule has 0 spiro atoms. The summed E-state index contributed by atoms with van der Waals surface area (Å²) in [5.41, 5.74) is 1.22. The number of thiazole rings is 1. The lowest BCUT2D eigenvalue weighted by atomic mass is 10.1. The van der Waals surface area contributed by atoms with E-state index in [4.69, 9.17) is 0 Å². The van der Waals surface area contributed by atoms with Gasteiger partial charge in [-0.05, 0) is 26.2 Å². The average Bonchev–Trinajstić information content (AvgIpc) is 2.09. The molecular formula is C9H15NS. The number of hydrogen-bond donors (Lipinski definition) is 0. The van der Waals surface area contributed by atoms with Gasteiger partial charge in [0.2, 0.25) is 0 Å². The number of aromatic nitrogens is 1. The standard InChI is InChI=1S/C9H15NS/c1-6(2)5-9-7(3)10-8(4)11-9/h6H,5H2,1-4H3. The molecule has 0 aliphatic carbocycles. The summed E-state index contributed by atoms with van der Waals surface area (Å²) >= 11 is 1.83. The molecule has 0 atom stereocenters. The molecule has 11 heavy (non-hydrogen) atoms. The van der Waals surface area contributed by atoms with Gasteiger partial charge in [0.05, 0.1) is 10.7 Å². The van der Waals surface area contributed by atoms with E-state index in [0.29, 0.717) is 0 Å². The van der Waals surface area contributed by atoms with E-state index in [0.717, 1.165) is 5.92 Å². The predicted molar refractivity (Wildman–Crippen MR) is 50.1 cm³/mol. The second-order valence-electron chi connectivity index (χ2n) is 3.34. The molecule has 0 aromatic carbocycles. The number of aryl methyl sites for hydroxylation is 2. The maximum Gasteiger partial charge on any atom is 0.0900 e. The van der Waals surface area contributed by atoms with Crippen molar-refractivity contribution in [3.05, 3.63) is 15.6 Å². The molecule has 0 N–H and O–H groups in total. The molecule has 0 aliphatic rings. The van der Waals surface area contributed by atoms with Gasteiger partial charge < -0.3 is 0 Å². The van der Waals surface area contributed by atoms with Crippen molar-refractivity contribution in [3.63, 3.8) is 0 Å². The molecule has 62 valence electrons. The molecule has 1 aromatic rings. The zero-order chi connectivity index (χ0) is 8.43. The Hall–Kier alpha value is -0.370. The van der Waals surface area contributed by atoms with Gasteiger partial charge in [0.1, 0.15) is 0 Å². The first-order chi connectivity index (χ1) is 5.09. The molecule has 0 fully saturated rings. The lowest BCUT2D eigenvalue weighted by Gasteiger charge is -2.00. The lowest BCUT2D eigenvalue weighted by molar-refractivity contribution is 0.651. The van der Waals surface area contributed by atoms with Gasteiger partial charge in [0.25, 0.3) is 0 Å². The lowest BCUT2D eigenvalue weighted by Crippen LogP contribution is -1.92. The van der Waals surface area contributed by atoms with Crippen LogP contribution >= 0.6 is 11.3 Å². The fourth-order valence-electron chi connectivity index (χ4n) is 1.13. The molecule has 1 nitrogen and oxygen atoms in total. The highest BCUT2D eigenvalue weighted by Crippen LogP contribution is 2.20. The third kappa shape index (κ3) is 2.29. The van der Waals surface area contributed by atoms with E-state index in [1.165, 1.54) is 22.0 Å². The summed E-state index contributed by atoms with van der Waals surface area (Å²) in [4.78, 5) is 5.84. The number of hydrogen-bond acceptors (Lipinski definition) is 2. The molecule has 1 heterocycles. The Kier molecular flexibility index (Phi) is 2.66. The van der Waals surface area contributed by atoms with E-state index in [9.17, 15) is 0 Å². The maximum absolute atomic E-state index is 4.38. The fraction of sp³-hybridized carbons (Fsp3) is 0.667. The zero-order valence-electron chi connectivity index (χ0n) is 7.64. The quantitative estimate of drug-likeness (QED) is 0.663. The summed E-state index contributed by atoms with van der Waals surface area (Å²) in [7, 11) is 0. The minimum absolute atomic E-state index is 0.744. The third-order valence-electron chi connectivity index (χ3n) is 1.59. The van der Waals surface area contributed by atoms with Crippen molar-refractivity contribution in [1.29, 1.82) is 0 Å². The van der Waals surface area contributed by atoms with Crippen LogP contribution in [0, 0.1) is 19.8 Å². The topological polar surface area (TPSA) is 12.9 Å². The Morgan fingerprint density at radius 3 is 2.36 bits per heavy atom. The highest BCUT2D eigenvalue weighted by atomic mass is 32.1. The van der Waals surface area contributed by atoms with Crippen LogP contribution in [0.25, 0.3) is 0 Å². The molecule has 1 aromatic heterocycles. The maximum atomic E-state index is 4.38. The Bertz CT molecular complexity index is 238. The van der Waals surface area contributed by atoms with Crippen LogP contribution < -0.4 is 0 Å². The molecule has 1 rings (SSSR count). The first-order valence-corrected chi connectivity index (χ1v) is 4.84. The minimum atomic E-state index is 0.744. The summed E-state index contributed by atoms with van der Waals surface area (Å²) < 4.78 is 0. The Labute approximate surface area is 72.5 Å². The number of nitrogens with zero attached hydrogens (tertiary/aromatic N) is 1. The first kappa shape index (κ1) is 8.72. The molecule has 0 saturated heterocycles. The highest BCUT2D eigenvalue weighted by molar-refractivity contribution is 7.11. The van der Waals surface area contributed by atoms with Crippen molar-refractivity contribution in [2.75, 3.05) is 0 Å². The van der Waals surface area contributed by atoms with Gasteiger partial charge in [-0.2, -0.15) is 0 Å². The van der Waals surface area contributed by atoms with Crippen molar-refractivity contribution >= 4 is 11.3 Å². The average molecular weight is 169 g/mol. The molecule has 0 unspecified atom stereocenters. The summed E-state index contributed by atoms with van der Waals surface area (Å²) in [5.74, 6) is 0.744. The van der Waals surface area contributed by atoms with Crippen molar-refractivity contribution in [1.82, 2.24) is 4.98 Å². The van der Waals surface area contributed by atoms with Crippen LogP contribution in [0.2, 0.25) is 0 Å². The Balaban J connectivity index is 2.77. The van der Waals surface area contributed by atoms with E-state index in [1.54, 1.807) is 0 Å². The van der Waals surface area contributed by atoms with Gasteiger partial charge in [0.15, 0.2) is 0 Å². The van der Waals surface area contributed by atoms with Gasteiger partial charge in [-0.25, -0.2) is 4.98 Å². The zero-order valence-corrected chi connectivity index (χ0v) is 8.46. The SMILES string of the molecule is Cc1nc(C)c(CC(C)C)s1. The van der Waals surface area contributed by atoms with Crippen LogP contribution in [0.1, 0.15) is 29.4 Å². The molecule has 0 aliphatic heterocycles. The molecule has 0 bridgehead atoms. The van der Waals surface area contributed by atoms with Crippen molar-refractivity contribution in [2.45, 2.75) is 34.1 Å². The van der Waals surface area contributed by atoms with E-state index in [-0.39, 0.29) is 0 Å². The van der Waals surface area contributed by atoms with Crippen LogP contribution in [0.4, 0.5) is 0 Å². The van der Waals surface area contributed by atoms with Crippen LogP contribution in [0.15, 0.2) is 0 Å². The van der Waals surface area contributed by atoms with Crippen LogP contribution in [0.5, 0.6) is 0 Å². The van der Waals surface area contributed by atoms with Gasteiger partial charge in [-0.1, -0.05) is 13.8 Å². The summed E-state index contributed by atoms with van der Waals surface area (Å²) in [6.07, 6.45) is 1.18. The van der Waals surface area contributed by atoms with Gasteiger partial charge in [-0.15, -0.1) is 11.3 Å². The van der Waals surface area contributed by atoms with Crippen molar-refractivity contribution in [2.24, 2.45) is 5.92 Å². The molecule has 0 amide bonds. The van der Waals surface area contributed by atoms with Gasteiger partial charge >= 0.3 is 0 Å². The molecule has 0 saturated carbocycles. The predicted octanol–water partition coefficient (Wildman–Crippen LogP) is 2.96. The minimum Gasteiger partial charge on any atom is -0.247 e. The second-order valence-corrected chi connectivity index (χ2v) is 4.63. The van der Waals surface area contributed by atoms with Crippen molar-refractivity contribution in [3.8, 4) is 0 Å². The van der Waals surface area contributed by atoms with Crippen LogP contribution in [-0.4, -0.2) is 4.98 Å². The normalized spacial score (nSPS) is 11.0. The van der Waals surface area contributed by atoms with E-state index < -0.39 is 0 Å². The second kappa shape index (κ2) is 3.35. The van der Waals surface area contributed by atoms with E-state index in [1.807, 2.05) is 11.3 Å². The smallest absolute Gasteiger partial charge is 0.0900 e. The highest BCUT2D eigenvalue weighted by Gasteiger charge is 2.05. The Morgan fingerprint density at radius 2 is 2.00 bits per heavy atom. The molecular weight excluding hydrogens is 154 g/mol. The summed E-state index contributed by atoms with van der Waals surface area (Å²) in [5, 5.41) is 1.19. The monoisotopic (exact) mass is 169 g/mol. The fourth-order valence-corrected chi connectivity index (χ4v) is 2.28. The van der Waals surface area contributed by atoms with Gasteiger partial charge in [-0.3, -0.25) is 0 Å². The first-order valence-electron chi connectivity index (χ1n) is 4.02. The summed E-state index contributed by atoms with van der Waals surface area (Å²) in [6, 6.07) is 0. The van der Waals surface area contributed by atoms with Crippen LogP contribution in [0.3, 0.4) is 0 Å². The van der Waals surface area contributed by atoms with E-state index >= 15 is 0 Å². The molecule has 0 radical (unpaired) electrons. The summed E-state index contributed by atoms with van der Waals surface area (Å²) in [6.45, 7) is 8.66.